The SMILES string of the molecule is Cc1cc(=O)c(C(=O)OCC(=O)N(Cc2ccc(F)cc2)C2CCCCC2)c[nH]1. The highest BCUT2D eigenvalue weighted by Gasteiger charge is 2.26. The first-order valence-corrected chi connectivity index (χ1v) is 9.84. The topological polar surface area (TPSA) is 79.5 Å². The third-order valence-electron chi connectivity index (χ3n) is 5.21. The molecule has 0 aliphatic heterocycles. The highest BCUT2D eigenvalue weighted by atomic mass is 19.1. The van der Waals surface area contributed by atoms with Crippen molar-refractivity contribution in [2.75, 3.05) is 6.61 Å². The summed E-state index contributed by atoms with van der Waals surface area (Å²) in [6, 6.07) is 7.39. The molecule has 1 saturated carbocycles. The van der Waals surface area contributed by atoms with Gasteiger partial charge in [-0.15, -0.1) is 0 Å². The zero-order chi connectivity index (χ0) is 20.8. The van der Waals surface area contributed by atoms with Gasteiger partial charge in [0, 0.05) is 30.5 Å². The zero-order valence-corrected chi connectivity index (χ0v) is 16.4. The highest BCUT2D eigenvalue weighted by Crippen LogP contribution is 2.24. The fourth-order valence-electron chi connectivity index (χ4n) is 3.62. The number of nitrogens with one attached hydrogen (secondary N) is 1. The summed E-state index contributed by atoms with van der Waals surface area (Å²) < 4.78 is 18.3. The Morgan fingerprint density at radius 3 is 2.52 bits per heavy atom. The van der Waals surface area contributed by atoms with Gasteiger partial charge in [-0.1, -0.05) is 31.4 Å². The van der Waals surface area contributed by atoms with Crippen LogP contribution < -0.4 is 5.43 Å². The molecule has 0 unspecified atom stereocenters. The van der Waals surface area contributed by atoms with E-state index in [0.717, 1.165) is 37.7 Å². The van der Waals surface area contributed by atoms with Crippen molar-refractivity contribution in [1.29, 1.82) is 0 Å². The largest absolute Gasteiger partial charge is 0.452 e. The number of rotatable bonds is 6. The highest BCUT2D eigenvalue weighted by molar-refractivity contribution is 5.91. The van der Waals surface area contributed by atoms with E-state index in [9.17, 15) is 18.8 Å². The minimum absolute atomic E-state index is 0.0581. The predicted octanol–water partition coefficient (Wildman–Crippen LogP) is 3.34. The number of esters is 1. The molecule has 2 aromatic rings. The van der Waals surface area contributed by atoms with Crippen molar-refractivity contribution in [3.05, 3.63) is 69.4 Å². The number of H-pyrrole nitrogens is 1. The Hall–Kier alpha value is -2.96. The van der Waals surface area contributed by atoms with Gasteiger partial charge in [0.1, 0.15) is 11.4 Å². The van der Waals surface area contributed by atoms with E-state index < -0.39 is 18.0 Å². The molecule has 0 atom stereocenters. The normalized spacial score (nSPS) is 14.4. The Balaban J connectivity index is 1.69. The molecule has 1 fully saturated rings. The van der Waals surface area contributed by atoms with Crippen LogP contribution in [0.4, 0.5) is 4.39 Å². The van der Waals surface area contributed by atoms with Crippen LogP contribution in [0.15, 0.2) is 41.3 Å². The number of aromatic amines is 1. The summed E-state index contributed by atoms with van der Waals surface area (Å²) >= 11 is 0. The zero-order valence-electron chi connectivity index (χ0n) is 16.4. The fourth-order valence-corrected chi connectivity index (χ4v) is 3.62. The van der Waals surface area contributed by atoms with E-state index in [4.69, 9.17) is 4.74 Å². The molecule has 3 rings (SSSR count). The van der Waals surface area contributed by atoms with Crippen molar-refractivity contribution in [3.63, 3.8) is 0 Å². The van der Waals surface area contributed by atoms with Gasteiger partial charge in [-0.25, -0.2) is 9.18 Å². The Kier molecular flexibility index (Phi) is 6.80. The molecule has 1 aromatic carbocycles. The first-order valence-electron chi connectivity index (χ1n) is 9.84. The minimum Gasteiger partial charge on any atom is -0.452 e. The number of amides is 1. The molecule has 0 bridgehead atoms. The van der Waals surface area contributed by atoms with Crippen molar-refractivity contribution in [1.82, 2.24) is 9.88 Å². The number of aryl methyl sites for hydroxylation is 1. The van der Waals surface area contributed by atoms with Crippen LogP contribution in [-0.4, -0.2) is 34.4 Å². The maximum atomic E-state index is 13.2. The number of ether oxygens (including phenoxy) is 1. The van der Waals surface area contributed by atoms with Gasteiger partial charge in [0.05, 0.1) is 0 Å². The van der Waals surface area contributed by atoms with Crippen LogP contribution in [0.2, 0.25) is 0 Å². The van der Waals surface area contributed by atoms with Crippen LogP contribution in [0, 0.1) is 12.7 Å². The molecule has 0 radical (unpaired) electrons. The van der Waals surface area contributed by atoms with Crippen molar-refractivity contribution < 1.29 is 18.7 Å². The van der Waals surface area contributed by atoms with Gasteiger partial charge in [0.2, 0.25) is 0 Å². The molecule has 0 saturated heterocycles. The van der Waals surface area contributed by atoms with Crippen LogP contribution in [0.5, 0.6) is 0 Å². The van der Waals surface area contributed by atoms with Crippen molar-refractivity contribution in [2.45, 2.75) is 51.6 Å². The Labute approximate surface area is 168 Å². The Morgan fingerprint density at radius 1 is 1.17 bits per heavy atom. The second-order valence-corrected chi connectivity index (χ2v) is 7.41. The second-order valence-electron chi connectivity index (χ2n) is 7.41. The quantitative estimate of drug-likeness (QED) is 0.755. The molecule has 7 heteroatoms. The second kappa shape index (κ2) is 9.49. The van der Waals surface area contributed by atoms with E-state index in [1.165, 1.54) is 24.4 Å². The lowest BCUT2D eigenvalue weighted by atomic mass is 9.93. The standard InChI is InChI=1S/C22H25FN2O4/c1-15-11-20(26)19(12-24-15)22(28)29-14-21(27)25(18-5-3-2-4-6-18)13-16-7-9-17(23)10-8-16/h7-12,18H,2-6,13-14H2,1H3,(H,24,26). The number of carbonyl (C=O) groups excluding carboxylic acids is 2. The van der Waals surface area contributed by atoms with Gasteiger partial charge in [-0.05, 0) is 37.5 Å². The van der Waals surface area contributed by atoms with Gasteiger partial charge < -0.3 is 14.6 Å². The van der Waals surface area contributed by atoms with Gasteiger partial charge in [-0.2, -0.15) is 0 Å². The lowest BCUT2D eigenvalue weighted by molar-refractivity contribution is -0.138. The Morgan fingerprint density at radius 2 is 1.86 bits per heavy atom. The van der Waals surface area contributed by atoms with Crippen molar-refractivity contribution in [3.8, 4) is 0 Å². The molecular formula is C22H25FN2O4. The fraction of sp³-hybridized carbons (Fsp3) is 0.409. The summed E-state index contributed by atoms with van der Waals surface area (Å²) in [4.78, 5) is 41.5. The molecule has 1 amide bonds. The summed E-state index contributed by atoms with van der Waals surface area (Å²) in [5, 5.41) is 0. The monoisotopic (exact) mass is 400 g/mol. The summed E-state index contributed by atoms with van der Waals surface area (Å²) in [5.74, 6) is -1.48. The van der Waals surface area contributed by atoms with Gasteiger partial charge >= 0.3 is 5.97 Å². The van der Waals surface area contributed by atoms with E-state index >= 15 is 0 Å². The molecule has 29 heavy (non-hydrogen) atoms. The maximum absolute atomic E-state index is 13.2. The molecule has 1 aromatic heterocycles. The first-order chi connectivity index (χ1) is 13.9. The minimum atomic E-state index is -0.829. The van der Waals surface area contributed by atoms with Gasteiger partial charge in [0.25, 0.3) is 5.91 Å². The number of aromatic nitrogens is 1. The molecular weight excluding hydrogens is 375 g/mol. The van der Waals surface area contributed by atoms with E-state index in [1.807, 2.05) is 0 Å². The maximum Gasteiger partial charge on any atom is 0.344 e. The average molecular weight is 400 g/mol. The molecule has 1 heterocycles. The molecule has 1 N–H and O–H groups in total. The van der Waals surface area contributed by atoms with Crippen LogP contribution in [0.25, 0.3) is 0 Å². The van der Waals surface area contributed by atoms with Crippen LogP contribution in [0.1, 0.15) is 53.7 Å². The molecule has 1 aliphatic carbocycles. The Bertz CT molecular complexity index is 917. The number of halogens is 1. The lowest BCUT2D eigenvalue weighted by Gasteiger charge is -2.34. The summed E-state index contributed by atoms with van der Waals surface area (Å²) in [6.45, 7) is 1.59. The number of pyridine rings is 1. The lowest BCUT2D eigenvalue weighted by Crippen LogP contribution is -2.43. The van der Waals surface area contributed by atoms with E-state index in [2.05, 4.69) is 4.98 Å². The number of hydrogen-bond acceptors (Lipinski definition) is 4. The van der Waals surface area contributed by atoms with E-state index in [1.54, 1.807) is 24.0 Å². The molecule has 154 valence electrons. The van der Waals surface area contributed by atoms with Crippen molar-refractivity contribution in [2.24, 2.45) is 0 Å². The summed E-state index contributed by atoms with van der Waals surface area (Å²) in [5.41, 5.74) is 0.859. The van der Waals surface area contributed by atoms with E-state index in [-0.39, 0.29) is 23.3 Å². The number of hydrogen-bond donors (Lipinski definition) is 1. The predicted molar refractivity (Wildman–Crippen MR) is 106 cm³/mol. The van der Waals surface area contributed by atoms with Crippen LogP contribution >= 0.6 is 0 Å². The third kappa shape index (κ3) is 5.53. The van der Waals surface area contributed by atoms with Crippen LogP contribution in [0.3, 0.4) is 0 Å². The number of carbonyl (C=O) groups is 2. The van der Waals surface area contributed by atoms with Crippen LogP contribution in [-0.2, 0) is 16.1 Å². The van der Waals surface area contributed by atoms with E-state index in [0.29, 0.717) is 12.2 Å². The van der Waals surface area contributed by atoms with Gasteiger partial charge in [-0.3, -0.25) is 9.59 Å². The molecule has 0 spiro atoms. The average Bonchev–Trinajstić information content (AvgIpc) is 2.72. The van der Waals surface area contributed by atoms with Gasteiger partial charge in [0.15, 0.2) is 12.0 Å². The first kappa shape index (κ1) is 20.8. The third-order valence-corrected chi connectivity index (χ3v) is 5.21. The van der Waals surface area contributed by atoms with Crippen molar-refractivity contribution >= 4 is 11.9 Å². The smallest absolute Gasteiger partial charge is 0.344 e. The summed E-state index contributed by atoms with van der Waals surface area (Å²) in [7, 11) is 0. The molecule has 1 aliphatic rings. The number of benzene rings is 1. The summed E-state index contributed by atoms with van der Waals surface area (Å²) in [6.07, 6.45) is 6.28. The number of nitrogens with zero attached hydrogens (tertiary/aromatic N) is 1. The molecule has 6 nitrogen and oxygen atoms in total.